The number of alkyl halides is 3. The van der Waals surface area contributed by atoms with Crippen LogP contribution in [0.25, 0.3) is 0 Å². The van der Waals surface area contributed by atoms with Gasteiger partial charge in [0.1, 0.15) is 11.4 Å². The lowest BCUT2D eigenvalue weighted by molar-refractivity contribution is -0.137. The molecule has 0 atom stereocenters. The second-order valence-electron chi connectivity index (χ2n) is 7.27. The average Bonchev–Trinajstić information content (AvgIpc) is 2.81. The first-order valence-electron chi connectivity index (χ1n) is 10.0. The van der Waals surface area contributed by atoms with Crippen LogP contribution in [-0.4, -0.2) is 46.0 Å². The van der Waals surface area contributed by atoms with Gasteiger partial charge in [0.2, 0.25) is 11.7 Å². The summed E-state index contributed by atoms with van der Waals surface area (Å²) in [6.07, 6.45) is -3.02. The number of anilines is 3. The van der Waals surface area contributed by atoms with Crippen LogP contribution < -0.4 is 24.8 Å². The molecule has 1 heterocycles. The van der Waals surface area contributed by atoms with E-state index < -0.39 is 27.4 Å². The fourth-order valence-electron chi connectivity index (χ4n) is 3.14. The topological polar surface area (TPSA) is 112 Å². The molecule has 0 aliphatic carbocycles. The van der Waals surface area contributed by atoms with Crippen LogP contribution in [0.2, 0.25) is 0 Å². The standard InChI is InChI=1S/C22H23F3N4O5S/c1-32-17-9-14(10-18(33-2)19(17)34-3)28-21-27-12-16(22(23,24)25)20(29-21)26-11-13-6-5-7-15(8-13)35(4,30)31/h5-10,12H,11H2,1-4H3,(H2,26,27,28,29). The second kappa shape index (κ2) is 10.3. The molecule has 0 saturated heterocycles. The van der Waals surface area contributed by atoms with Crippen LogP contribution in [0.4, 0.5) is 30.6 Å². The number of benzene rings is 2. The monoisotopic (exact) mass is 512 g/mol. The minimum atomic E-state index is -4.72. The van der Waals surface area contributed by atoms with Gasteiger partial charge in [-0.3, -0.25) is 0 Å². The van der Waals surface area contributed by atoms with Crippen molar-refractivity contribution in [3.63, 3.8) is 0 Å². The van der Waals surface area contributed by atoms with Gasteiger partial charge in [0.25, 0.3) is 0 Å². The van der Waals surface area contributed by atoms with Crippen LogP contribution in [0, 0.1) is 0 Å². The van der Waals surface area contributed by atoms with Gasteiger partial charge in [-0.15, -0.1) is 0 Å². The second-order valence-corrected chi connectivity index (χ2v) is 9.28. The molecule has 0 spiro atoms. The number of nitrogens with one attached hydrogen (secondary N) is 2. The van der Waals surface area contributed by atoms with E-state index >= 15 is 0 Å². The van der Waals surface area contributed by atoms with E-state index in [1.54, 1.807) is 18.2 Å². The highest BCUT2D eigenvalue weighted by Crippen LogP contribution is 2.41. The summed E-state index contributed by atoms with van der Waals surface area (Å²) in [5.74, 6) is 0.384. The number of aromatic nitrogens is 2. The molecule has 1 aromatic heterocycles. The summed E-state index contributed by atoms with van der Waals surface area (Å²) in [5.41, 5.74) is -0.239. The van der Waals surface area contributed by atoms with Crippen LogP contribution in [-0.2, 0) is 22.6 Å². The van der Waals surface area contributed by atoms with Crippen molar-refractivity contribution in [2.75, 3.05) is 38.2 Å². The Kier molecular flexibility index (Phi) is 7.58. The molecule has 3 rings (SSSR count). The summed E-state index contributed by atoms with van der Waals surface area (Å²) >= 11 is 0. The lowest BCUT2D eigenvalue weighted by atomic mass is 10.2. The molecule has 0 amide bonds. The zero-order valence-electron chi connectivity index (χ0n) is 19.2. The molecule has 188 valence electrons. The predicted molar refractivity (Wildman–Crippen MR) is 123 cm³/mol. The molecule has 0 fully saturated rings. The van der Waals surface area contributed by atoms with Gasteiger partial charge in [-0.05, 0) is 17.7 Å². The minimum absolute atomic E-state index is 0.0558. The number of rotatable bonds is 9. The van der Waals surface area contributed by atoms with E-state index in [-0.39, 0.29) is 17.4 Å². The number of hydrogen-bond donors (Lipinski definition) is 2. The molecule has 0 radical (unpaired) electrons. The highest BCUT2D eigenvalue weighted by atomic mass is 32.2. The number of nitrogens with zero attached hydrogens (tertiary/aromatic N) is 2. The van der Waals surface area contributed by atoms with E-state index in [0.29, 0.717) is 34.7 Å². The Balaban J connectivity index is 1.93. The average molecular weight is 513 g/mol. The smallest absolute Gasteiger partial charge is 0.421 e. The van der Waals surface area contributed by atoms with Crippen molar-refractivity contribution in [1.29, 1.82) is 0 Å². The number of methoxy groups -OCH3 is 3. The summed E-state index contributed by atoms with van der Waals surface area (Å²) < 4.78 is 80.1. The zero-order valence-corrected chi connectivity index (χ0v) is 20.0. The molecule has 0 aliphatic rings. The van der Waals surface area contributed by atoms with Gasteiger partial charge in [0.15, 0.2) is 21.3 Å². The van der Waals surface area contributed by atoms with Crippen molar-refractivity contribution < 1.29 is 35.8 Å². The van der Waals surface area contributed by atoms with Gasteiger partial charge < -0.3 is 24.8 Å². The highest BCUT2D eigenvalue weighted by molar-refractivity contribution is 7.90. The van der Waals surface area contributed by atoms with Crippen LogP contribution >= 0.6 is 0 Å². The molecule has 0 aliphatic heterocycles. The van der Waals surface area contributed by atoms with Gasteiger partial charge in [0, 0.05) is 36.8 Å². The maximum absolute atomic E-state index is 13.6. The molecule has 35 heavy (non-hydrogen) atoms. The zero-order chi connectivity index (χ0) is 25.8. The number of halogens is 3. The van der Waals surface area contributed by atoms with Crippen LogP contribution in [0.15, 0.2) is 47.5 Å². The van der Waals surface area contributed by atoms with Gasteiger partial charge in [-0.25, -0.2) is 13.4 Å². The normalized spacial score (nSPS) is 11.6. The molecule has 0 bridgehead atoms. The molecular formula is C22H23F3N4O5S. The molecule has 0 saturated carbocycles. The Hall–Kier alpha value is -3.74. The third-order valence-corrected chi connectivity index (χ3v) is 5.91. The van der Waals surface area contributed by atoms with Gasteiger partial charge >= 0.3 is 6.18 Å². The summed E-state index contributed by atoms with van der Waals surface area (Å²) in [4.78, 5) is 7.83. The van der Waals surface area contributed by atoms with E-state index in [2.05, 4.69) is 20.6 Å². The van der Waals surface area contributed by atoms with Crippen LogP contribution in [0.1, 0.15) is 11.1 Å². The molecule has 3 aromatic rings. The van der Waals surface area contributed by atoms with Gasteiger partial charge in [-0.2, -0.15) is 18.2 Å². The molecule has 9 nitrogen and oxygen atoms in total. The first kappa shape index (κ1) is 25.9. The van der Waals surface area contributed by atoms with Gasteiger partial charge in [0.05, 0.1) is 26.2 Å². The number of sulfone groups is 1. The Morgan fingerprint density at radius 2 is 1.66 bits per heavy atom. The fraction of sp³-hybridized carbons (Fsp3) is 0.273. The fourth-order valence-corrected chi connectivity index (χ4v) is 3.83. The molecular weight excluding hydrogens is 489 g/mol. The molecule has 2 aromatic carbocycles. The van der Waals surface area contributed by atoms with E-state index in [0.717, 1.165) is 6.26 Å². The Bertz CT molecular complexity index is 1290. The molecule has 2 N–H and O–H groups in total. The van der Waals surface area contributed by atoms with Crippen LogP contribution in [0.3, 0.4) is 0 Å². The molecule has 0 unspecified atom stereocenters. The van der Waals surface area contributed by atoms with Crippen molar-refractivity contribution in [1.82, 2.24) is 9.97 Å². The van der Waals surface area contributed by atoms with Crippen molar-refractivity contribution in [2.24, 2.45) is 0 Å². The third kappa shape index (κ3) is 6.23. The minimum Gasteiger partial charge on any atom is -0.493 e. The Morgan fingerprint density at radius 3 is 2.20 bits per heavy atom. The predicted octanol–water partition coefficient (Wildman–Crippen LogP) is 4.28. The van der Waals surface area contributed by atoms with Crippen LogP contribution in [0.5, 0.6) is 17.2 Å². The van der Waals surface area contributed by atoms with Crippen molar-refractivity contribution >= 4 is 27.3 Å². The Morgan fingerprint density at radius 1 is 1.00 bits per heavy atom. The van der Waals surface area contributed by atoms with Crippen molar-refractivity contribution in [3.8, 4) is 17.2 Å². The largest absolute Gasteiger partial charge is 0.493 e. The number of hydrogen-bond acceptors (Lipinski definition) is 9. The highest BCUT2D eigenvalue weighted by Gasteiger charge is 2.35. The first-order valence-corrected chi connectivity index (χ1v) is 11.9. The van der Waals surface area contributed by atoms with Crippen molar-refractivity contribution in [3.05, 3.63) is 53.7 Å². The van der Waals surface area contributed by atoms with Gasteiger partial charge in [-0.1, -0.05) is 12.1 Å². The first-order chi connectivity index (χ1) is 16.5. The van der Waals surface area contributed by atoms with E-state index in [4.69, 9.17) is 14.2 Å². The van der Waals surface area contributed by atoms with E-state index in [1.165, 1.54) is 39.5 Å². The quantitative estimate of drug-likeness (QED) is 0.434. The summed E-state index contributed by atoms with van der Waals surface area (Å²) in [6.45, 7) is -0.104. The van der Waals surface area contributed by atoms with E-state index in [9.17, 15) is 21.6 Å². The lowest BCUT2D eigenvalue weighted by Gasteiger charge is -2.16. The SMILES string of the molecule is COc1cc(Nc2ncc(C(F)(F)F)c(NCc3cccc(S(C)(=O)=O)c3)n2)cc(OC)c1OC. The maximum Gasteiger partial charge on any atom is 0.421 e. The molecule has 13 heteroatoms. The lowest BCUT2D eigenvalue weighted by Crippen LogP contribution is -2.14. The third-order valence-electron chi connectivity index (χ3n) is 4.80. The summed E-state index contributed by atoms with van der Waals surface area (Å²) in [6, 6.07) is 8.98. The van der Waals surface area contributed by atoms with E-state index in [1.807, 2.05) is 0 Å². The summed E-state index contributed by atoms with van der Waals surface area (Å²) in [5, 5.41) is 5.46. The maximum atomic E-state index is 13.6. The summed E-state index contributed by atoms with van der Waals surface area (Å²) in [7, 11) is 0.824. The number of ether oxygens (including phenoxy) is 3. The Labute approximate surface area is 200 Å². The van der Waals surface area contributed by atoms with Crippen molar-refractivity contribution in [2.45, 2.75) is 17.6 Å².